The molecule has 0 atom stereocenters. The van der Waals surface area contributed by atoms with E-state index < -0.39 is 12.4 Å². The lowest BCUT2D eigenvalue weighted by Gasteiger charge is -2.10. The third-order valence-corrected chi connectivity index (χ3v) is 2.90. The Labute approximate surface area is 118 Å². The lowest BCUT2D eigenvalue weighted by atomic mass is 10.0. The van der Waals surface area contributed by atoms with Gasteiger partial charge in [0.1, 0.15) is 5.75 Å². The van der Waals surface area contributed by atoms with Crippen LogP contribution >= 0.6 is 11.6 Å². The topological polar surface area (TPSA) is 52.3 Å². The Morgan fingerprint density at radius 2 is 1.85 bits per heavy atom. The maximum absolute atomic E-state index is 12.3. The molecule has 2 aromatic carbocycles. The highest BCUT2D eigenvalue weighted by molar-refractivity contribution is 6.35. The smallest absolute Gasteiger partial charge is 0.387 e. The summed E-state index contributed by atoms with van der Waals surface area (Å²) in [5, 5.41) is 0.154. The summed E-state index contributed by atoms with van der Waals surface area (Å²) in [5.74, 6) is -0.702. The maximum Gasteiger partial charge on any atom is 0.387 e. The summed E-state index contributed by atoms with van der Waals surface area (Å²) in [6, 6.07) is 10.1. The molecule has 2 rings (SSSR count). The van der Waals surface area contributed by atoms with Gasteiger partial charge in [0.15, 0.2) is 5.78 Å². The van der Waals surface area contributed by atoms with Gasteiger partial charge >= 0.3 is 6.61 Å². The van der Waals surface area contributed by atoms with Crippen LogP contribution in [0.2, 0.25) is 5.02 Å². The molecule has 0 aliphatic heterocycles. The van der Waals surface area contributed by atoms with Crippen molar-refractivity contribution in [2.24, 2.45) is 0 Å². The zero-order valence-electron chi connectivity index (χ0n) is 10.1. The lowest BCUT2D eigenvalue weighted by molar-refractivity contribution is -0.0501. The fourth-order valence-corrected chi connectivity index (χ4v) is 1.99. The first-order valence-electron chi connectivity index (χ1n) is 5.62. The molecule has 0 spiro atoms. The molecule has 104 valence electrons. The molecule has 0 fully saturated rings. The van der Waals surface area contributed by atoms with Crippen LogP contribution in [0.4, 0.5) is 14.5 Å². The van der Waals surface area contributed by atoms with E-state index in [1.807, 2.05) is 0 Å². The molecule has 0 unspecified atom stereocenters. The number of nitrogen functional groups attached to an aromatic ring is 1. The number of rotatable bonds is 4. The fraction of sp³-hybridized carbons (Fsp3) is 0.0714. The van der Waals surface area contributed by atoms with Gasteiger partial charge < -0.3 is 10.5 Å². The van der Waals surface area contributed by atoms with Gasteiger partial charge in [0.2, 0.25) is 0 Å². The van der Waals surface area contributed by atoms with Gasteiger partial charge in [-0.25, -0.2) is 0 Å². The number of anilines is 1. The Kier molecular flexibility index (Phi) is 4.20. The third kappa shape index (κ3) is 3.05. The fourth-order valence-electron chi connectivity index (χ4n) is 1.71. The molecule has 0 saturated carbocycles. The van der Waals surface area contributed by atoms with Gasteiger partial charge in [-0.05, 0) is 30.3 Å². The number of alkyl halides is 2. The number of hydrogen-bond donors (Lipinski definition) is 1. The minimum absolute atomic E-state index is 0.0134. The molecular formula is C14H10ClF2NO2. The summed E-state index contributed by atoms with van der Waals surface area (Å²) in [4.78, 5) is 12.3. The number of hydrogen-bond acceptors (Lipinski definition) is 3. The van der Waals surface area contributed by atoms with Crippen LogP contribution in [-0.4, -0.2) is 12.4 Å². The van der Waals surface area contributed by atoms with E-state index in [-0.39, 0.29) is 21.9 Å². The van der Waals surface area contributed by atoms with Crippen molar-refractivity contribution in [3.63, 3.8) is 0 Å². The largest absolute Gasteiger partial charge is 0.434 e. The predicted molar refractivity (Wildman–Crippen MR) is 72.4 cm³/mol. The first-order chi connectivity index (χ1) is 9.49. The Morgan fingerprint density at radius 1 is 1.15 bits per heavy atom. The molecule has 2 N–H and O–H groups in total. The Bertz CT molecular complexity index is 647. The van der Waals surface area contributed by atoms with Gasteiger partial charge in [0, 0.05) is 11.3 Å². The van der Waals surface area contributed by atoms with Crippen LogP contribution < -0.4 is 10.5 Å². The van der Waals surface area contributed by atoms with E-state index >= 15 is 0 Å². The van der Waals surface area contributed by atoms with E-state index in [9.17, 15) is 13.6 Å². The molecule has 0 aliphatic rings. The van der Waals surface area contributed by atoms with Crippen LogP contribution in [0.5, 0.6) is 5.75 Å². The Balaban J connectivity index is 2.43. The van der Waals surface area contributed by atoms with Crippen molar-refractivity contribution in [3.8, 4) is 5.75 Å². The molecule has 0 radical (unpaired) electrons. The highest BCUT2D eigenvalue weighted by Crippen LogP contribution is 2.27. The molecule has 0 bridgehead atoms. The molecule has 6 heteroatoms. The molecule has 2 aromatic rings. The van der Waals surface area contributed by atoms with E-state index in [4.69, 9.17) is 17.3 Å². The molecule has 0 aliphatic carbocycles. The monoisotopic (exact) mass is 297 g/mol. The summed E-state index contributed by atoms with van der Waals surface area (Å²) in [7, 11) is 0. The van der Waals surface area contributed by atoms with E-state index in [1.165, 1.54) is 36.4 Å². The summed E-state index contributed by atoms with van der Waals surface area (Å²) >= 11 is 5.94. The summed E-state index contributed by atoms with van der Waals surface area (Å²) in [5.41, 5.74) is 6.13. The second-order valence-electron chi connectivity index (χ2n) is 3.94. The van der Waals surface area contributed by atoms with Gasteiger partial charge in [0.25, 0.3) is 0 Å². The average Bonchev–Trinajstić information content (AvgIpc) is 2.38. The van der Waals surface area contributed by atoms with E-state index in [2.05, 4.69) is 4.74 Å². The number of ether oxygens (including phenoxy) is 1. The number of benzene rings is 2. The maximum atomic E-state index is 12.3. The van der Waals surface area contributed by atoms with Crippen LogP contribution in [0.1, 0.15) is 15.9 Å². The Morgan fingerprint density at radius 3 is 2.50 bits per heavy atom. The predicted octanol–water partition coefficient (Wildman–Crippen LogP) is 3.75. The zero-order chi connectivity index (χ0) is 14.7. The number of nitrogens with two attached hydrogens (primary N) is 1. The van der Waals surface area contributed by atoms with Crippen molar-refractivity contribution in [2.75, 3.05) is 5.73 Å². The van der Waals surface area contributed by atoms with E-state index in [0.717, 1.165) is 0 Å². The zero-order valence-corrected chi connectivity index (χ0v) is 10.9. The van der Waals surface area contributed by atoms with Crippen molar-refractivity contribution < 1.29 is 18.3 Å². The second-order valence-corrected chi connectivity index (χ2v) is 4.35. The molecule has 3 nitrogen and oxygen atoms in total. The SMILES string of the molecule is Nc1ccc(C(=O)c2ccccc2OC(F)F)c(Cl)c1. The van der Waals surface area contributed by atoms with Crippen molar-refractivity contribution in [2.45, 2.75) is 6.61 Å². The van der Waals surface area contributed by atoms with Gasteiger partial charge in [-0.2, -0.15) is 8.78 Å². The first kappa shape index (κ1) is 14.3. The number of ketones is 1. The molecule has 0 saturated heterocycles. The second kappa shape index (κ2) is 5.88. The standard InChI is InChI=1S/C14H10ClF2NO2/c15-11-7-8(18)5-6-9(11)13(19)10-3-1-2-4-12(10)20-14(16)17/h1-7,14H,18H2. The van der Waals surface area contributed by atoms with Crippen LogP contribution in [-0.2, 0) is 0 Å². The van der Waals surface area contributed by atoms with Crippen LogP contribution in [0, 0.1) is 0 Å². The van der Waals surface area contributed by atoms with Crippen molar-refractivity contribution in [1.82, 2.24) is 0 Å². The molecule has 20 heavy (non-hydrogen) atoms. The third-order valence-electron chi connectivity index (χ3n) is 2.59. The molecule has 0 heterocycles. The quantitative estimate of drug-likeness (QED) is 0.690. The average molecular weight is 298 g/mol. The Hall–Kier alpha value is -2.14. The van der Waals surface area contributed by atoms with Crippen LogP contribution in [0.15, 0.2) is 42.5 Å². The minimum Gasteiger partial charge on any atom is -0.434 e. The summed E-state index contributed by atoms with van der Waals surface area (Å²) < 4.78 is 29.0. The molecule has 0 amide bonds. The van der Waals surface area contributed by atoms with Gasteiger partial charge in [-0.1, -0.05) is 23.7 Å². The van der Waals surface area contributed by atoms with Crippen molar-refractivity contribution >= 4 is 23.1 Å². The summed E-state index contributed by atoms with van der Waals surface area (Å²) in [6.07, 6.45) is 0. The van der Waals surface area contributed by atoms with E-state index in [1.54, 1.807) is 6.07 Å². The summed E-state index contributed by atoms with van der Waals surface area (Å²) in [6.45, 7) is -3.01. The molecule has 0 aromatic heterocycles. The highest BCUT2D eigenvalue weighted by atomic mass is 35.5. The first-order valence-corrected chi connectivity index (χ1v) is 6.00. The lowest BCUT2D eigenvalue weighted by Crippen LogP contribution is -2.09. The number of para-hydroxylation sites is 1. The highest BCUT2D eigenvalue weighted by Gasteiger charge is 2.18. The van der Waals surface area contributed by atoms with Crippen molar-refractivity contribution in [3.05, 3.63) is 58.6 Å². The minimum atomic E-state index is -3.01. The normalized spacial score (nSPS) is 10.6. The van der Waals surface area contributed by atoms with Crippen molar-refractivity contribution in [1.29, 1.82) is 0 Å². The van der Waals surface area contributed by atoms with Gasteiger partial charge in [0.05, 0.1) is 10.6 Å². The number of carbonyl (C=O) groups excluding carboxylic acids is 1. The van der Waals surface area contributed by atoms with Gasteiger partial charge in [-0.3, -0.25) is 4.79 Å². The van der Waals surface area contributed by atoms with E-state index in [0.29, 0.717) is 5.69 Å². The number of carbonyl (C=O) groups is 1. The molecular weight excluding hydrogens is 288 g/mol. The van der Waals surface area contributed by atoms with Crippen LogP contribution in [0.3, 0.4) is 0 Å². The van der Waals surface area contributed by atoms with Gasteiger partial charge in [-0.15, -0.1) is 0 Å². The van der Waals surface area contributed by atoms with Crippen LogP contribution in [0.25, 0.3) is 0 Å². The number of halogens is 3.